The molecule has 1 aliphatic rings. The van der Waals surface area contributed by atoms with Crippen molar-refractivity contribution in [3.05, 3.63) is 59.3 Å². The molecule has 0 aliphatic carbocycles. The summed E-state index contributed by atoms with van der Waals surface area (Å²) in [5, 5.41) is 2.78. The number of benzene rings is 1. The third-order valence-corrected chi connectivity index (χ3v) is 2.21. The number of nitrogens with one attached hydrogen (secondary N) is 1. The summed E-state index contributed by atoms with van der Waals surface area (Å²) >= 11 is 0. The lowest BCUT2D eigenvalue weighted by Crippen LogP contribution is -2.17. The topological polar surface area (TPSA) is 12.0 Å². The van der Waals surface area contributed by atoms with Gasteiger partial charge in [-0.1, -0.05) is 12.1 Å². The Morgan fingerprint density at radius 2 is 2.00 bits per heavy atom. The SMILES string of the molecule is [2H]C([2H])([2H])C1=CNC(c2ccc(F)cc2)C=C1F. The van der Waals surface area contributed by atoms with Gasteiger partial charge in [-0.2, -0.15) is 0 Å². The van der Waals surface area contributed by atoms with E-state index in [0.717, 1.165) is 6.20 Å². The molecule has 1 aromatic rings. The lowest BCUT2D eigenvalue weighted by molar-refractivity contribution is 0.601. The molecule has 1 aromatic carbocycles. The normalized spacial score (nSPS) is 24.1. The van der Waals surface area contributed by atoms with Gasteiger partial charge in [-0.25, -0.2) is 8.78 Å². The summed E-state index contributed by atoms with van der Waals surface area (Å²) in [7, 11) is 0. The molecule has 15 heavy (non-hydrogen) atoms. The van der Waals surface area contributed by atoms with Crippen molar-refractivity contribution in [2.75, 3.05) is 0 Å². The Labute approximate surface area is 91.3 Å². The van der Waals surface area contributed by atoms with Gasteiger partial charge in [0.1, 0.15) is 11.6 Å². The quantitative estimate of drug-likeness (QED) is 0.750. The van der Waals surface area contributed by atoms with Crippen LogP contribution in [0.1, 0.15) is 22.6 Å². The van der Waals surface area contributed by atoms with E-state index in [9.17, 15) is 8.78 Å². The Kier molecular flexibility index (Phi) is 1.74. The van der Waals surface area contributed by atoms with Crippen molar-refractivity contribution in [2.24, 2.45) is 0 Å². The summed E-state index contributed by atoms with van der Waals surface area (Å²) in [5.41, 5.74) is 0.313. The van der Waals surface area contributed by atoms with Crippen LogP contribution in [-0.2, 0) is 0 Å². The van der Waals surface area contributed by atoms with Crippen LogP contribution in [0.25, 0.3) is 0 Å². The van der Waals surface area contributed by atoms with Crippen LogP contribution in [0.5, 0.6) is 0 Å². The maximum absolute atomic E-state index is 13.7. The molecule has 0 radical (unpaired) electrons. The van der Waals surface area contributed by atoms with Gasteiger partial charge >= 0.3 is 0 Å². The number of rotatable bonds is 1. The molecule has 0 aromatic heterocycles. The molecule has 0 fully saturated rings. The second-order valence-electron chi connectivity index (χ2n) is 3.27. The minimum Gasteiger partial charge on any atom is -0.380 e. The van der Waals surface area contributed by atoms with Gasteiger partial charge in [0, 0.05) is 15.9 Å². The monoisotopic (exact) mass is 210 g/mol. The first-order valence-electron chi connectivity index (χ1n) is 5.98. The summed E-state index contributed by atoms with van der Waals surface area (Å²) < 4.78 is 47.9. The maximum atomic E-state index is 13.7. The molecule has 3 heteroatoms. The van der Waals surface area contributed by atoms with Crippen molar-refractivity contribution in [1.82, 2.24) is 5.32 Å². The number of hydrogen-bond donors (Lipinski definition) is 1. The molecular formula is C12H11F2N. The van der Waals surface area contributed by atoms with Crippen LogP contribution in [0.3, 0.4) is 0 Å². The van der Waals surface area contributed by atoms with E-state index in [1.807, 2.05) is 0 Å². The van der Waals surface area contributed by atoms with Crippen molar-refractivity contribution >= 4 is 0 Å². The molecule has 1 atom stereocenters. The van der Waals surface area contributed by atoms with Gasteiger partial charge in [0.05, 0.1) is 6.04 Å². The molecular weight excluding hydrogens is 196 g/mol. The van der Waals surface area contributed by atoms with Gasteiger partial charge in [-0.05, 0) is 30.6 Å². The standard InChI is InChI=1S/C12H11F2N/c1-8-7-15-12(6-11(8)14)9-2-4-10(13)5-3-9/h2-7,12,15H,1H3/i1D3. The first-order valence-corrected chi connectivity index (χ1v) is 4.48. The third-order valence-electron chi connectivity index (χ3n) is 2.21. The minimum absolute atomic E-state index is 0.346. The first-order chi connectivity index (χ1) is 8.38. The van der Waals surface area contributed by atoms with Crippen molar-refractivity contribution in [1.29, 1.82) is 0 Å². The first kappa shape index (κ1) is 6.77. The zero-order valence-corrected chi connectivity index (χ0v) is 7.80. The Balaban J connectivity index is 2.23. The molecule has 78 valence electrons. The van der Waals surface area contributed by atoms with Gasteiger partial charge < -0.3 is 5.32 Å². The molecule has 1 unspecified atom stereocenters. The third kappa shape index (κ3) is 2.06. The fourth-order valence-electron chi connectivity index (χ4n) is 1.39. The Bertz CT molecular complexity index is 503. The predicted octanol–water partition coefficient (Wildman–Crippen LogP) is 3.23. The summed E-state index contributed by atoms with van der Waals surface area (Å²) in [4.78, 5) is 0. The average Bonchev–Trinajstić information content (AvgIpc) is 2.28. The molecule has 0 bridgehead atoms. The van der Waals surface area contributed by atoms with Crippen LogP contribution in [0.4, 0.5) is 8.78 Å². The lowest BCUT2D eigenvalue weighted by Gasteiger charge is -2.19. The van der Waals surface area contributed by atoms with E-state index in [1.165, 1.54) is 30.3 Å². The zero-order valence-electron chi connectivity index (χ0n) is 10.8. The van der Waals surface area contributed by atoms with E-state index < -0.39 is 18.7 Å². The summed E-state index contributed by atoms with van der Waals surface area (Å²) in [6.07, 6.45) is 2.32. The molecule has 1 heterocycles. The largest absolute Gasteiger partial charge is 0.380 e. The van der Waals surface area contributed by atoms with E-state index in [4.69, 9.17) is 4.11 Å². The molecule has 1 aliphatic heterocycles. The predicted molar refractivity (Wildman–Crippen MR) is 55.2 cm³/mol. The highest BCUT2D eigenvalue weighted by Gasteiger charge is 2.13. The smallest absolute Gasteiger partial charge is 0.125 e. The van der Waals surface area contributed by atoms with Crippen LogP contribution in [0.15, 0.2) is 47.9 Å². The minimum atomic E-state index is -2.48. The molecule has 0 amide bonds. The molecule has 1 nitrogen and oxygen atoms in total. The maximum Gasteiger partial charge on any atom is 0.125 e. The number of halogens is 2. The summed E-state index contributed by atoms with van der Waals surface area (Å²) in [6, 6.07) is 5.09. The van der Waals surface area contributed by atoms with Crippen molar-refractivity contribution in [3.8, 4) is 0 Å². The summed E-state index contributed by atoms with van der Waals surface area (Å²) in [6.45, 7) is -2.48. The second-order valence-corrected chi connectivity index (χ2v) is 3.27. The fourth-order valence-corrected chi connectivity index (χ4v) is 1.39. The van der Waals surface area contributed by atoms with E-state index in [0.29, 0.717) is 5.56 Å². The van der Waals surface area contributed by atoms with Crippen LogP contribution < -0.4 is 5.32 Å². The summed E-state index contributed by atoms with van der Waals surface area (Å²) in [5.74, 6) is -1.15. The van der Waals surface area contributed by atoms with Crippen LogP contribution in [-0.4, -0.2) is 0 Å². The van der Waals surface area contributed by atoms with Gasteiger partial charge in [0.15, 0.2) is 0 Å². The lowest BCUT2D eigenvalue weighted by atomic mass is 10.0. The van der Waals surface area contributed by atoms with Gasteiger partial charge in [-0.3, -0.25) is 0 Å². The van der Waals surface area contributed by atoms with E-state index in [-0.39, 0.29) is 11.4 Å². The molecule has 0 saturated carbocycles. The van der Waals surface area contributed by atoms with E-state index in [1.54, 1.807) is 0 Å². The number of hydrogen-bond acceptors (Lipinski definition) is 1. The fraction of sp³-hybridized carbons (Fsp3) is 0.167. The highest BCUT2D eigenvalue weighted by molar-refractivity contribution is 5.33. The zero-order chi connectivity index (χ0) is 13.3. The number of allylic oxidation sites excluding steroid dienone is 2. The molecule has 1 N–H and O–H groups in total. The van der Waals surface area contributed by atoms with Crippen molar-refractivity contribution < 1.29 is 12.9 Å². The Morgan fingerprint density at radius 3 is 2.60 bits per heavy atom. The van der Waals surface area contributed by atoms with Crippen LogP contribution in [0.2, 0.25) is 0 Å². The van der Waals surface area contributed by atoms with Gasteiger partial charge in [-0.15, -0.1) is 0 Å². The molecule has 0 saturated heterocycles. The van der Waals surface area contributed by atoms with Gasteiger partial charge in [0.2, 0.25) is 0 Å². The van der Waals surface area contributed by atoms with E-state index in [2.05, 4.69) is 5.32 Å². The van der Waals surface area contributed by atoms with Crippen molar-refractivity contribution in [2.45, 2.75) is 12.9 Å². The van der Waals surface area contributed by atoms with Gasteiger partial charge in [0.25, 0.3) is 0 Å². The Morgan fingerprint density at radius 1 is 1.27 bits per heavy atom. The number of dihydropyridines is 1. The average molecular weight is 210 g/mol. The molecule has 0 spiro atoms. The Hall–Kier alpha value is -1.64. The van der Waals surface area contributed by atoms with Crippen LogP contribution in [0, 0.1) is 5.82 Å². The van der Waals surface area contributed by atoms with Crippen molar-refractivity contribution in [3.63, 3.8) is 0 Å². The second kappa shape index (κ2) is 3.85. The van der Waals surface area contributed by atoms with E-state index >= 15 is 0 Å². The highest BCUT2D eigenvalue weighted by Crippen LogP contribution is 2.24. The van der Waals surface area contributed by atoms with Crippen LogP contribution >= 0.6 is 0 Å². The highest BCUT2D eigenvalue weighted by atomic mass is 19.1. The molecule has 2 rings (SSSR count).